The molecule has 1 aromatic heterocycles. The molecule has 1 unspecified atom stereocenters. The molecule has 0 bridgehead atoms. The van der Waals surface area contributed by atoms with Crippen molar-refractivity contribution in [2.24, 2.45) is 0 Å². The summed E-state index contributed by atoms with van der Waals surface area (Å²) in [6, 6.07) is 18.3. The lowest BCUT2D eigenvalue weighted by molar-refractivity contribution is -0.129. The number of aliphatic hydroxyl groups excluding tert-OH is 1. The van der Waals surface area contributed by atoms with Crippen molar-refractivity contribution in [2.45, 2.75) is 30.4 Å². The summed E-state index contributed by atoms with van der Waals surface area (Å²) in [7, 11) is 1.90. The highest BCUT2D eigenvalue weighted by atomic mass is 32.2. The minimum atomic E-state index is -0.269. The summed E-state index contributed by atoms with van der Waals surface area (Å²) in [5, 5.41) is 11.0. The second kappa shape index (κ2) is 9.81. The lowest BCUT2D eigenvalue weighted by Gasteiger charge is -2.32. The number of hydrogen-bond acceptors (Lipinski definition) is 5. The number of benzene rings is 2. The Morgan fingerprint density at radius 1 is 1.26 bits per heavy atom. The van der Waals surface area contributed by atoms with Crippen molar-refractivity contribution in [3.8, 4) is 0 Å². The number of carbonyl (C=O) groups is 1. The number of β-amino-alcohol motifs (C(OH)–C–C–N with tert-alkyl or cyclic N) is 1. The highest BCUT2D eigenvalue weighted by Gasteiger charge is 2.28. The second-order valence-electron chi connectivity index (χ2n) is 8.25. The van der Waals surface area contributed by atoms with Crippen LogP contribution in [0.4, 0.5) is 0 Å². The van der Waals surface area contributed by atoms with Gasteiger partial charge in [-0.25, -0.2) is 0 Å². The Labute approximate surface area is 188 Å². The Morgan fingerprint density at radius 3 is 2.87 bits per heavy atom. The van der Waals surface area contributed by atoms with Crippen LogP contribution in [0.5, 0.6) is 0 Å². The molecule has 1 aliphatic rings. The van der Waals surface area contributed by atoms with Gasteiger partial charge in [0.15, 0.2) is 0 Å². The third kappa shape index (κ3) is 5.26. The van der Waals surface area contributed by atoms with Gasteiger partial charge in [0, 0.05) is 43.2 Å². The number of likely N-dealkylation sites (tertiary alicyclic amines) is 1. The molecular weight excluding hydrogens is 406 g/mol. The van der Waals surface area contributed by atoms with E-state index < -0.39 is 0 Å². The van der Waals surface area contributed by atoms with Gasteiger partial charge in [-0.1, -0.05) is 42.0 Å². The largest absolute Gasteiger partial charge is 0.392 e. The lowest BCUT2D eigenvalue weighted by atomic mass is 10.0. The molecule has 1 fully saturated rings. The normalized spacial score (nSPS) is 17.7. The van der Waals surface area contributed by atoms with Crippen LogP contribution in [0.25, 0.3) is 10.9 Å². The molecule has 0 radical (unpaired) electrons. The average molecular weight is 436 g/mol. The van der Waals surface area contributed by atoms with E-state index in [1.165, 1.54) is 5.56 Å². The van der Waals surface area contributed by atoms with Crippen molar-refractivity contribution >= 4 is 28.6 Å². The fourth-order valence-corrected chi connectivity index (χ4v) is 5.15. The number of aliphatic hydroxyl groups is 1. The molecule has 6 heteroatoms. The maximum atomic E-state index is 13.2. The SMILES string of the molecule is Cc1cccc(C(CN2CC[C@H](O)C2)N(C)C(=O)CSc2cccc3ncccc23)c1. The summed E-state index contributed by atoms with van der Waals surface area (Å²) in [4.78, 5) is 22.8. The number of amides is 1. The summed E-state index contributed by atoms with van der Waals surface area (Å²) >= 11 is 1.56. The highest BCUT2D eigenvalue weighted by molar-refractivity contribution is 8.00. The van der Waals surface area contributed by atoms with Gasteiger partial charge in [-0.15, -0.1) is 11.8 Å². The quantitative estimate of drug-likeness (QED) is 0.571. The molecule has 0 aliphatic carbocycles. The number of rotatable bonds is 7. The van der Waals surface area contributed by atoms with Crippen LogP contribution >= 0.6 is 11.8 Å². The zero-order chi connectivity index (χ0) is 21.8. The van der Waals surface area contributed by atoms with Crippen LogP contribution in [0.15, 0.2) is 65.7 Å². The van der Waals surface area contributed by atoms with Crippen LogP contribution in [-0.4, -0.2) is 64.3 Å². The van der Waals surface area contributed by atoms with E-state index in [1.54, 1.807) is 18.0 Å². The van der Waals surface area contributed by atoms with Gasteiger partial charge >= 0.3 is 0 Å². The van der Waals surface area contributed by atoms with Crippen molar-refractivity contribution in [1.82, 2.24) is 14.8 Å². The van der Waals surface area contributed by atoms with Gasteiger partial charge < -0.3 is 10.0 Å². The van der Waals surface area contributed by atoms with E-state index in [-0.39, 0.29) is 18.1 Å². The molecule has 2 atom stereocenters. The smallest absolute Gasteiger partial charge is 0.233 e. The zero-order valence-electron chi connectivity index (χ0n) is 18.1. The number of thioether (sulfide) groups is 1. The minimum Gasteiger partial charge on any atom is -0.392 e. The monoisotopic (exact) mass is 435 g/mol. The molecule has 0 spiro atoms. The molecule has 1 amide bonds. The average Bonchev–Trinajstić information content (AvgIpc) is 3.20. The van der Waals surface area contributed by atoms with Gasteiger partial charge in [0.25, 0.3) is 0 Å². The fourth-order valence-electron chi connectivity index (χ4n) is 4.17. The maximum Gasteiger partial charge on any atom is 0.233 e. The van der Waals surface area contributed by atoms with Crippen LogP contribution in [-0.2, 0) is 4.79 Å². The van der Waals surface area contributed by atoms with Gasteiger partial charge in [0.05, 0.1) is 23.4 Å². The summed E-state index contributed by atoms with van der Waals surface area (Å²) < 4.78 is 0. The Balaban J connectivity index is 1.50. The van der Waals surface area contributed by atoms with Gasteiger partial charge in [-0.2, -0.15) is 0 Å². The van der Waals surface area contributed by atoms with Crippen molar-refractivity contribution in [1.29, 1.82) is 0 Å². The summed E-state index contributed by atoms with van der Waals surface area (Å²) in [5.74, 6) is 0.465. The molecule has 1 saturated heterocycles. The summed E-state index contributed by atoms with van der Waals surface area (Å²) in [6.45, 7) is 4.34. The molecule has 0 saturated carbocycles. The zero-order valence-corrected chi connectivity index (χ0v) is 18.9. The van der Waals surface area contributed by atoms with E-state index in [1.807, 2.05) is 48.3 Å². The molecule has 2 aromatic carbocycles. The van der Waals surface area contributed by atoms with Crippen LogP contribution in [0.3, 0.4) is 0 Å². The topological polar surface area (TPSA) is 56.7 Å². The number of nitrogens with zero attached hydrogens (tertiary/aromatic N) is 3. The molecule has 1 aliphatic heterocycles. The van der Waals surface area contributed by atoms with Crippen molar-refractivity contribution in [3.05, 3.63) is 71.9 Å². The first-order chi connectivity index (χ1) is 15.0. The third-order valence-electron chi connectivity index (χ3n) is 5.92. The molecule has 4 rings (SSSR count). The molecule has 31 heavy (non-hydrogen) atoms. The number of aromatic nitrogens is 1. The van der Waals surface area contributed by atoms with E-state index in [4.69, 9.17) is 0 Å². The number of pyridine rings is 1. The second-order valence-corrected chi connectivity index (χ2v) is 9.27. The Bertz CT molecular complexity index is 1050. The van der Waals surface area contributed by atoms with Crippen LogP contribution < -0.4 is 0 Å². The van der Waals surface area contributed by atoms with Crippen molar-refractivity contribution < 1.29 is 9.90 Å². The van der Waals surface area contributed by atoms with Crippen LogP contribution in [0.1, 0.15) is 23.6 Å². The Morgan fingerprint density at radius 2 is 2.10 bits per heavy atom. The van der Waals surface area contributed by atoms with Crippen LogP contribution in [0, 0.1) is 6.92 Å². The first-order valence-electron chi connectivity index (χ1n) is 10.7. The standard InChI is InChI=1S/C25H29N3O2S/c1-18-6-3-7-19(14-18)23(16-28-13-11-20(29)15-28)27(2)25(30)17-31-24-10-4-9-22-21(24)8-5-12-26-22/h3-10,12,14,20,23,29H,11,13,15-17H2,1-2H3/t20-,23?/m0/s1. The van der Waals surface area contributed by atoms with E-state index in [0.29, 0.717) is 12.3 Å². The van der Waals surface area contributed by atoms with Crippen molar-refractivity contribution in [2.75, 3.05) is 32.4 Å². The lowest BCUT2D eigenvalue weighted by Crippen LogP contribution is -2.39. The molecule has 3 aromatic rings. The Kier molecular flexibility index (Phi) is 6.90. The van der Waals surface area contributed by atoms with E-state index >= 15 is 0 Å². The van der Waals surface area contributed by atoms with Crippen LogP contribution in [0.2, 0.25) is 0 Å². The van der Waals surface area contributed by atoms with Gasteiger partial charge in [0.1, 0.15) is 0 Å². The third-order valence-corrected chi connectivity index (χ3v) is 6.98. The molecule has 1 N–H and O–H groups in total. The van der Waals surface area contributed by atoms with E-state index in [0.717, 1.165) is 40.9 Å². The predicted octanol–water partition coefficient (Wildman–Crippen LogP) is 3.90. The van der Waals surface area contributed by atoms with Gasteiger partial charge in [-0.05, 0) is 37.1 Å². The Hall–Kier alpha value is -2.41. The van der Waals surface area contributed by atoms with E-state index in [2.05, 4.69) is 35.0 Å². The number of fused-ring (bicyclic) bond motifs is 1. The molecule has 162 valence electrons. The minimum absolute atomic E-state index is 0.0486. The fraction of sp³-hybridized carbons (Fsp3) is 0.360. The first-order valence-corrected chi connectivity index (χ1v) is 11.7. The number of likely N-dealkylation sites (N-methyl/N-ethyl adjacent to an activating group) is 1. The molecular formula is C25H29N3O2S. The van der Waals surface area contributed by atoms with E-state index in [9.17, 15) is 9.90 Å². The highest BCUT2D eigenvalue weighted by Crippen LogP contribution is 2.29. The number of carbonyl (C=O) groups excluding carboxylic acids is 1. The summed E-state index contributed by atoms with van der Waals surface area (Å²) in [6.07, 6.45) is 2.32. The molecule has 2 heterocycles. The van der Waals surface area contributed by atoms with Crippen molar-refractivity contribution in [3.63, 3.8) is 0 Å². The molecule has 5 nitrogen and oxygen atoms in total. The van der Waals surface area contributed by atoms with Gasteiger partial charge in [0.2, 0.25) is 5.91 Å². The first kappa shape index (κ1) is 21.8. The number of aryl methyl sites for hydroxylation is 1. The summed E-state index contributed by atoms with van der Waals surface area (Å²) in [5.41, 5.74) is 3.26. The van der Waals surface area contributed by atoms with Gasteiger partial charge in [-0.3, -0.25) is 14.7 Å². The maximum absolute atomic E-state index is 13.2. The predicted molar refractivity (Wildman–Crippen MR) is 126 cm³/mol. The number of hydrogen-bond donors (Lipinski definition) is 1.